The number of amides is 1. The zero-order valence-corrected chi connectivity index (χ0v) is 14.7. The van der Waals surface area contributed by atoms with Gasteiger partial charge in [0.1, 0.15) is 17.3 Å². The highest BCUT2D eigenvalue weighted by Gasteiger charge is 2.19. The molecule has 1 N–H and O–H groups in total. The van der Waals surface area contributed by atoms with Crippen LogP contribution >= 0.6 is 0 Å². The van der Waals surface area contributed by atoms with Gasteiger partial charge in [-0.2, -0.15) is 0 Å². The standard InChI is InChI=1S/C19H24FN3O2/c1-14-13-16(15(2)25-14)19(24)21-7-8-22-9-11-23(12-10-22)18-6-4-3-5-17(18)20/h3-6,13H,7-12H2,1-2H3,(H,21,24). The minimum atomic E-state index is -0.172. The Labute approximate surface area is 147 Å². The number of hydrogen-bond donors (Lipinski definition) is 1. The van der Waals surface area contributed by atoms with Gasteiger partial charge < -0.3 is 14.6 Å². The molecule has 3 rings (SSSR count). The van der Waals surface area contributed by atoms with E-state index in [4.69, 9.17) is 4.42 Å². The lowest BCUT2D eigenvalue weighted by Crippen LogP contribution is -2.48. The van der Waals surface area contributed by atoms with Gasteiger partial charge in [-0.15, -0.1) is 0 Å². The number of halogens is 1. The molecule has 2 heterocycles. The van der Waals surface area contributed by atoms with E-state index in [9.17, 15) is 9.18 Å². The van der Waals surface area contributed by atoms with Crippen LogP contribution in [0, 0.1) is 19.7 Å². The second-order valence-corrected chi connectivity index (χ2v) is 6.36. The topological polar surface area (TPSA) is 48.7 Å². The van der Waals surface area contributed by atoms with E-state index in [0.29, 0.717) is 23.6 Å². The number of hydrogen-bond acceptors (Lipinski definition) is 4. The minimum absolute atomic E-state index is 0.0978. The van der Waals surface area contributed by atoms with Gasteiger partial charge in [0.2, 0.25) is 0 Å². The van der Waals surface area contributed by atoms with Crippen LogP contribution in [0.25, 0.3) is 0 Å². The van der Waals surface area contributed by atoms with Crippen molar-refractivity contribution in [2.45, 2.75) is 13.8 Å². The number of nitrogens with one attached hydrogen (secondary N) is 1. The first kappa shape index (κ1) is 17.5. The van der Waals surface area contributed by atoms with E-state index in [0.717, 1.165) is 38.5 Å². The molecule has 1 aliphatic heterocycles. The molecule has 1 amide bonds. The van der Waals surface area contributed by atoms with Crippen molar-refractivity contribution in [3.63, 3.8) is 0 Å². The third-order valence-electron chi connectivity index (χ3n) is 4.56. The second kappa shape index (κ2) is 7.70. The molecule has 25 heavy (non-hydrogen) atoms. The summed E-state index contributed by atoms with van der Waals surface area (Å²) in [5.41, 5.74) is 1.27. The van der Waals surface area contributed by atoms with E-state index in [-0.39, 0.29) is 11.7 Å². The monoisotopic (exact) mass is 345 g/mol. The molecule has 0 saturated carbocycles. The summed E-state index contributed by atoms with van der Waals surface area (Å²) in [5.74, 6) is 1.12. The van der Waals surface area contributed by atoms with Gasteiger partial charge in [0.25, 0.3) is 5.91 Å². The lowest BCUT2D eigenvalue weighted by Gasteiger charge is -2.36. The first-order valence-electron chi connectivity index (χ1n) is 8.61. The maximum Gasteiger partial charge on any atom is 0.254 e. The van der Waals surface area contributed by atoms with Crippen molar-refractivity contribution in [3.8, 4) is 0 Å². The first-order chi connectivity index (χ1) is 12.0. The smallest absolute Gasteiger partial charge is 0.254 e. The van der Waals surface area contributed by atoms with Crippen molar-refractivity contribution in [3.05, 3.63) is 53.2 Å². The van der Waals surface area contributed by atoms with E-state index in [1.165, 1.54) is 6.07 Å². The number of piperazine rings is 1. The van der Waals surface area contributed by atoms with Gasteiger partial charge in [0, 0.05) is 39.3 Å². The molecule has 1 aliphatic rings. The zero-order valence-electron chi connectivity index (χ0n) is 14.7. The van der Waals surface area contributed by atoms with Crippen molar-refractivity contribution < 1.29 is 13.6 Å². The Balaban J connectivity index is 1.43. The number of para-hydroxylation sites is 1. The van der Waals surface area contributed by atoms with Crippen LogP contribution < -0.4 is 10.2 Å². The molecule has 0 aliphatic carbocycles. The van der Waals surface area contributed by atoms with Crippen molar-refractivity contribution in [2.75, 3.05) is 44.2 Å². The maximum atomic E-state index is 13.8. The van der Waals surface area contributed by atoms with Crippen molar-refractivity contribution >= 4 is 11.6 Å². The predicted octanol–water partition coefficient (Wildman–Crippen LogP) is 2.59. The fraction of sp³-hybridized carbons (Fsp3) is 0.421. The molecule has 134 valence electrons. The van der Waals surface area contributed by atoms with E-state index in [1.54, 1.807) is 19.1 Å². The normalized spacial score (nSPS) is 15.4. The Morgan fingerprint density at radius 1 is 1.20 bits per heavy atom. The average Bonchev–Trinajstić information content (AvgIpc) is 2.94. The molecule has 0 bridgehead atoms. The van der Waals surface area contributed by atoms with Crippen LogP contribution in [0.1, 0.15) is 21.9 Å². The highest BCUT2D eigenvalue weighted by molar-refractivity contribution is 5.95. The van der Waals surface area contributed by atoms with Crippen molar-refractivity contribution in [1.29, 1.82) is 0 Å². The molecule has 0 atom stereocenters. The molecule has 5 nitrogen and oxygen atoms in total. The number of benzene rings is 1. The lowest BCUT2D eigenvalue weighted by atomic mass is 10.2. The molecule has 0 unspecified atom stereocenters. The van der Waals surface area contributed by atoms with Gasteiger partial charge in [0.05, 0.1) is 11.3 Å². The molecule has 1 fully saturated rings. The SMILES string of the molecule is Cc1cc(C(=O)NCCN2CCN(c3ccccc3F)CC2)c(C)o1. The summed E-state index contributed by atoms with van der Waals surface area (Å²) in [6, 6.07) is 8.65. The zero-order chi connectivity index (χ0) is 17.8. The Morgan fingerprint density at radius 3 is 2.56 bits per heavy atom. The van der Waals surface area contributed by atoms with Crippen LogP contribution in [0.4, 0.5) is 10.1 Å². The van der Waals surface area contributed by atoms with Crippen LogP contribution in [0.5, 0.6) is 0 Å². The summed E-state index contributed by atoms with van der Waals surface area (Å²) in [4.78, 5) is 16.5. The highest BCUT2D eigenvalue weighted by Crippen LogP contribution is 2.20. The average molecular weight is 345 g/mol. The quantitative estimate of drug-likeness (QED) is 0.905. The van der Waals surface area contributed by atoms with E-state index >= 15 is 0 Å². The van der Waals surface area contributed by atoms with E-state index < -0.39 is 0 Å². The van der Waals surface area contributed by atoms with E-state index in [2.05, 4.69) is 15.1 Å². The molecule has 1 aromatic heterocycles. The molecular formula is C19H24FN3O2. The summed E-state index contributed by atoms with van der Waals surface area (Å²) < 4.78 is 19.2. The second-order valence-electron chi connectivity index (χ2n) is 6.36. The largest absolute Gasteiger partial charge is 0.466 e. The lowest BCUT2D eigenvalue weighted by molar-refractivity contribution is 0.0946. The molecule has 0 spiro atoms. The minimum Gasteiger partial charge on any atom is -0.466 e. The Morgan fingerprint density at radius 2 is 1.92 bits per heavy atom. The number of aryl methyl sites for hydroxylation is 2. The van der Waals surface area contributed by atoms with Crippen LogP contribution in [0.3, 0.4) is 0 Å². The number of carbonyl (C=O) groups excluding carboxylic acids is 1. The first-order valence-corrected chi connectivity index (χ1v) is 8.61. The molecule has 6 heteroatoms. The third kappa shape index (κ3) is 4.20. The summed E-state index contributed by atoms with van der Waals surface area (Å²) in [6.45, 7) is 8.28. The highest BCUT2D eigenvalue weighted by atomic mass is 19.1. The van der Waals surface area contributed by atoms with Crippen molar-refractivity contribution in [2.24, 2.45) is 0 Å². The number of rotatable bonds is 5. The number of carbonyl (C=O) groups is 1. The summed E-state index contributed by atoms with van der Waals surface area (Å²) >= 11 is 0. The predicted molar refractivity (Wildman–Crippen MR) is 95.6 cm³/mol. The van der Waals surface area contributed by atoms with Gasteiger partial charge in [-0.05, 0) is 32.0 Å². The van der Waals surface area contributed by atoms with Crippen LogP contribution in [0.2, 0.25) is 0 Å². The summed E-state index contributed by atoms with van der Waals surface area (Å²) in [5, 5.41) is 2.94. The Hall–Kier alpha value is -2.34. The summed E-state index contributed by atoms with van der Waals surface area (Å²) in [6.07, 6.45) is 0. The van der Waals surface area contributed by atoms with Gasteiger partial charge >= 0.3 is 0 Å². The third-order valence-corrected chi connectivity index (χ3v) is 4.56. The summed E-state index contributed by atoms with van der Waals surface area (Å²) in [7, 11) is 0. The Bertz CT molecular complexity index is 736. The van der Waals surface area contributed by atoms with Gasteiger partial charge in [0.15, 0.2) is 0 Å². The number of nitrogens with zero attached hydrogens (tertiary/aromatic N) is 2. The van der Waals surface area contributed by atoms with Gasteiger partial charge in [-0.25, -0.2) is 4.39 Å². The number of furan rings is 1. The fourth-order valence-electron chi connectivity index (χ4n) is 3.20. The molecule has 1 aromatic carbocycles. The van der Waals surface area contributed by atoms with Crippen LogP contribution in [0.15, 0.2) is 34.7 Å². The fourth-order valence-corrected chi connectivity index (χ4v) is 3.20. The van der Waals surface area contributed by atoms with Gasteiger partial charge in [-0.3, -0.25) is 9.69 Å². The maximum absolute atomic E-state index is 13.8. The van der Waals surface area contributed by atoms with Crippen molar-refractivity contribution in [1.82, 2.24) is 10.2 Å². The van der Waals surface area contributed by atoms with Gasteiger partial charge in [-0.1, -0.05) is 12.1 Å². The molecular weight excluding hydrogens is 321 g/mol. The molecule has 1 saturated heterocycles. The van der Waals surface area contributed by atoms with E-state index in [1.807, 2.05) is 19.1 Å². The number of anilines is 1. The van der Waals surface area contributed by atoms with Crippen LogP contribution in [-0.2, 0) is 0 Å². The molecule has 0 radical (unpaired) electrons. The van der Waals surface area contributed by atoms with Crippen LogP contribution in [-0.4, -0.2) is 50.1 Å². The molecule has 2 aromatic rings. The Kier molecular flexibility index (Phi) is 5.38.